The molecule has 0 fully saturated rings. The maximum Gasteiger partial charge on any atom is 0.135 e. The Morgan fingerprint density at radius 1 is 0.510 bits per heavy atom. The number of hydrogen-bond acceptors (Lipinski definition) is 2. The summed E-state index contributed by atoms with van der Waals surface area (Å²) in [5.41, 5.74) is 14.0. The minimum atomic E-state index is -0.390. The number of anilines is 2. The molecule has 2 aliphatic rings. The van der Waals surface area contributed by atoms with E-state index >= 15 is 0 Å². The minimum absolute atomic E-state index is 0.117. The average molecular weight is 654 g/mol. The van der Waals surface area contributed by atoms with E-state index in [0.29, 0.717) is 0 Å². The molecule has 1 aromatic heterocycles. The maximum atomic E-state index is 6.37. The normalized spacial score (nSPS) is 15.8. The molecule has 0 bridgehead atoms. The van der Waals surface area contributed by atoms with Gasteiger partial charge in [-0.1, -0.05) is 152 Å². The standard InChI is InChI=1S/C49H35NO/c1-4-14-34(15-5-1)35-24-30-47-43(32-35)44-33-40(29-31-48(44)51-47)50(38-18-8-3-9-19-38)39-27-25-37(26-28-39)49(36-16-6-2-7-17-36)45-22-12-10-20-41(45)42-21-11-13-23-46(42)49/h1-27,29-33,39H,28H2. The van der Waals surface area contributed by atoms with Crippen LogP contribution in [0.4, 0.5) is 11.4 Å². The third kappa shape index (κ3) is 4.64. The van der Waals surface area contributed by atoms with Crippen molar-refractivity contribution in [3.05, 3.63) is 216 Å². The second-order valence-corrected chi connectivity index (χ2v) is 13.6. The van der Waals surface area contributed by atoms with Crippen LogP contribution in [0.15, 0.2) is 204 Å². The van der Waals surface area contributed by atoms with Crippen molar-refractivity contribution in [3.8, 4) is 22.3 Å². The fourth-order valence-electron chi connectivity index (χ4n) is 8.64. The van der Waals surface area contributed by atoms with Crippen molar-refractivity contribution in [2.45, 2.75) is 17.9 Å². The molecule has 0 saturated heterocycles. The number of rotatable bonds is 6. The highest BCUT2D eigenvalue weighted by molar-refractivity contribution is 6.07. The largest absolute Gasteiger partial charge is 0.456 e. The maximum absolute atomic E-state index is 6.37. The zero-order valence-corrected chi connectivity index (χ0v) is 28.1. The highest BCUT2D eigenvalue weighted by Gasteiger charge is 2.47. The van der Waals surface area contributed by atoms with E-state index in [4.69, 9.17) is 4.42 Å². The average Bonchev–Trinajstić information content (AvgIpc) is 3.73. The molecule has 0 saturated carbocycles. The summed E-state index contributed by atoms with van der Waals surface area (Å²) in [4.78, 5) is 2.48. The first kappa shape index (κ1) is 29.5. The molecule has 0 N–H and O–H groups in total. The zero-order chi connectivity index (χ0) is 33.8. The van der Waals surface area contributed by atoms with Crippen LogP contribution >= 0.6 is 0 Å². The van der Waals surface area contributed by atoms with Crippen LogP contribution < -0.4 is 4.90 Å². The summed E-state index contributed by atoms with van der Waals surface area (Å²) in [5.74, 6) is 0. The van der Waals surface area contributed by atoms with Gasteiger partial charge in [0.2, 0.25) is 0 Å². The third-order valence-corrected chi connectivity index (χ3v) is 10.9. The highest BCUT2D eigenvalue weighted by atomic mass is 16.3. The van der Waals surface area contributed by atoms with Crippen LogP contribution in [-0.2, 0) is 5.41 Å². The van der Waals surface area contributed by atoms with Crippen molar-refractivity contribution in [1.29, 1.82) is 0 Å². The number of para-hydroxylation sites is 1. The summed E-state index contributed by atoms with van der Waals surface area (Å²) in [6, 6.07) is 63.6. The Morgan fingerprint density at radius 3 is 1.76 bits per heavy atom. The van der Waals surface area contributed by atoms with Crippen LogP contribution in [0.5, 0.6) is 0 Å². The summed E-state index contributed by atoms with van der Waals surface area (Å²) in [5, 5.41) is 2.25. The molecule has 2 heteroatoms. The molecule has 2 nitrogen and oxygen atoms in total. The van der Waals surface area contributed by atoms with E-state index in [1.807, 2.05) is 0 Å². The molecule has 1 heterocycles. The van der Waals surface area contributed by atoms with Crippen LogP contribution in [0, 0.1) is 0 Å². The third-order valence-electron chi connectivity index (χ3n) is 10.9. The van der Waals surface area contributed by atoms with Gasteiger partial charge in [-0.25, -0.2) is 0 Å². The Balaban J connectivity index is 1.09. The van der Waals surface area contributed by atoms with Crippen LogP contribution in [-0.4, -0.2) is 6.04 Å². The Hall–Kier alpha value is -6.38. The fraction of sp³-hybridized carbons (Fsp3) is 0.0612. The number of furan rings is 1. The van der Waals surface area contributed by atoms with Crippen LogP contribution in [0.2, 0.25) is 0 Å². The van der Waals surface area contributed by atoms with Crippen molar-refractivity contribution in [2.24, 2.45) is 0 Å². The molecule has 0 amide bonds. The van der Waals surface area contributed by atoms with Crippen LogP contribution in [0.3, 0.4) is 0 Å². The van der Waals surface area contributed by atoms with Gasteiger partial charge in [-0.2, -0.15) is 0 Å². The Labute approximate surface area is 298 Å². The SMILES string of the molecule is C1=CC(N(c2ccccc2)c2ccc3oc4ccc(-c5ccccc5)cc4c3c2)CC=C1C1(c2ccccc2)c2ccccc2-c2ccccc21. The van der Waals surface area contributed by atoms with Gasteiger partial charge in [-0.3, -0.25) is 0 Å². The lowest BCUT2D eigenvalue weighted by Crippen LogP contribution is -2.34. The monoisotopic (exact) mass is 653 g/mol. The molecular formula is C49H35NO. The highest BCUT2D eigenvalue weighted by Crippen LogP contribution is 2.57. The molecule has 10 rings (SSSR count). The molecular weight excluding hydrogens is 619 g/mol. The lowest BCUT2D eigenvalue weighted by Gasteiger charge is -2.38. The molecule has 7 aromatic carbocycles. The van der Waals surface area contributed by atoms with Crippen molar-refractivity contribution >= 4 is 33.3 Å². The number of fused-ring (bicyclic) bond motifs is 6. The van der Waals surface area contributed by atoms with E-state index < -0.39 is 5.41 Å². The predicted molar refractivity (Wildman–Crippen MR) is 212 cm³/mol. The topological polar surface area (TPSA) is 16.4 Å². The quantitative estimate of drug-likeness (QED) is 0.178. The molecule has 8 aromatic rings. The first-order valence-corrected chi connectivity index (χ1v) is 17.8. The zero-order valence-electron chi connectivity index (χ0n) is 28.1. The molecule has 0 aliphatic heterocycles. The van der Waals surface area contributed by atoms with Gasteiger partial charge in [0.25, 0.3) is 0 Å². The van der Waals surface area contributed by atoms with Crippen LogP contribution in [0.1, 0.15) is 23.1 Å². The van der Waals surface area contributed by atoms with Gasteiger partial charge < -0.3 is 9.32 Å². The summed E-state index contributed by atoms with van der Waals surface area (Å²) in [6.45, 7) is 0. The van der Waals surface area contributed by atoms with E-state index in [9.17, 15) is 0 Å². The van der Waals surface area contributed by atoms with Gasteiger partial charge in [0.1, 0.15) is 11.2 Å². The Bertz CT molecular complexity index is 2570. The van der Waals surface area contributed by atoms with E-state index in [-0.39, 0.29) is 6.04 Å². The molecule has 51 heavy (non-hydrogen) atoms. The van der Waals surface area contributed by atoms with Gasteiger partial charge in [0, 0.05) is 22.1 Å². The van der Waals surface area contributed by atoms with Gasteiger partial charge in [0.05, 0.1) is 11.5 Å². The number of allylic oxidation sites excluding steroid dienone is 2. The molecule has 242 valence electrons. The summed E-state index contributed by atoms with van der Waals surface area (Å²) >= 11 is 0. The summed E-state index contributed by atoms with van der Waals surface area (Å²) in [7, 11) is 0. The van der Waals surface area contributed by atoms with E-state index in [2.05, 4.69) is 199 Å². The molecule has 1 atom stereocenters. The lowest BCUT2D eigenvalue weighted by atomic mass is 9.66. The van der Waals surface area contributed by atoms with Gasteiger partial charge in [-0.15, -0.1) is 0 Å². The summed E-state index contributed by atoms with van der Waals surface area (Å²) < 4.78 is 6.37. The first-order chi connectivity index (χ1) is 25.3. The van der Waals surface area contributed by atoms with Crippen LogP contribution in [0.25, 0.3) is 44.2 Å². The van der Waals surface area contributed by atoms with E-state index in [1.54, 1.807) is 0 Å². The number of nitrogens with zero attached hydrogens (tertiary/aromatic N) is 1. The van der Waals surface area contributed by atoms with Gasteiger partial charge >= 0.3 is 0 Å². The smallest absolute Gasteiger partial charge is 0.135 e. The number of benzene rings is 7. The molecule has 1 unspecified atom stereocenters. The fourth-order valence-corrected chi connectivity index (χ4v) is 8.64. The van der Waals surface area contributed by atoms with Crippen molar-refractivity contribution in [3.63, 3.8) is 0 Å². The van der Waals surface area contributed by atoms with Crippen molar-refractivity contribution in [1.82, 2.24) is 0 Å². The van der Waals surface area contributed by atoms with Gasteiger partial charge in [-0.05, 0) is 93.4 Å². The van der Waals surface area contributed by atoms with E-state index in [0.717, 1.165) is 39.7 Å². The molecule has 2 aliphatic carbocycles. The second-order valence-electron chi connectivity index (χ2n) is 13.6. The Kier molecular flexibility index (Phi) is 6.89. The molecule has 0 spiro atoms. The summed E-state index contributed by atoms with van der Waals surface area (Å²) in [6.07, 6.45) is 8.17. The van der Waals surface area contributed by atoms with Gasteiger partial charge in [0.15, 0.2) is 0 Å². The lowest BCUT2D eigenvalue weighted by molar-refractivity contribution is 0.669. The second kappa shape index (κ2) is 11.9. The van der Waals surface area contributed by atoms with E-state index in [1.165, 1.54) is 44.5 Å². The predicted octanol–water partition coefficient (Wildman–Crippen LogP) is 12.7. The molecule has 0 radical (unpaired) electrons. The minimum Gasteiger partial charge on any atom is -0.456 e. The first-order valence-electron chi connectivity index (χ1n) is 17.8. The number of hydrogen-bond donors (Lipinski definition) is 0. The Morgan fingerprint density at radius 2 is 1.10 bits per heavy atom. The van der Waals surface area contributed by atoms with Crippen molar-refractivity contribution in [2.75, 3.05) is 4.90 Å². The van der Waals surface area contributed by atoms with Crippen molar-refractivity contribution < 1.29 is 4.42 Å².